The molecule has 0 aliphatic carbocycles. The first-order valence-electron chi connectivity index (χ1n) is 7.70. The van der Waals surface area contributed by atoms with Crippen molar-refractivity contribution in [2.24, 2.45) is 0 Å². The first-order valence-corrected chi connectivity index (χ1v) is 8.08. The van der Waals surface area contributed by atoms with Gasteiger partial charge in [0.25, 0.3) is 5.91 Å². The van der Waals surface area contributed by atoms with Crippen LogP contribution in [-0.4, -0.2) is 33.7 Å². The molecule has 0 saturated carbocycles. The quantitative estimate of drug-likeness (QED) is 0.777. The maximum absolute atomic E-state index is 12.5. The summed E-state index contributed by atoms with van der Waals surface area (Å²) in [6.07, 6.45) is 5.52. The minimum absolute atomic E-state index is 0.0429. The summed E-state index contributed by atoms with van der Waals surface area (Å²) in [6, 6.07) is 7.66. The zero-order chi connectivity index (χ0) is 15.9. The fourth-order valence-corrected chi connectivity index (χ4v) is 2.49. The molecule has 1 amide bonds. The molecule has 1 aromatic carbocycles. The van der Waals surface area contributed by atoms with E-state index < -0.39 is 0 Å². The van der Waals surface area contributed by atoms with E-state index in [1.54, 1.807) is 17.1 Å². The zero-order valence-corrected chi connectivity index (χ0v) is 13.9. The Kier molecular flexibility index (Phi) is 6.01. The fraction of sp³-hybridized carbons (Fsp3) is 0.412. The smallest absolute Gasteiger partial charge is 0.257 e. The third-order valence-electron chi connectivity index (χ3n) is 3.62. The van der Waals surface area contributed by atoms with Crippen LogP contribution in [0.5, 0.6) is 0 Å². The van der Waals surface area contributed by atoms with Crippen molar-refractivity contribution in [2.75, 3.05) is 13.1 Å². The van der Waals surface area contributed by atoms with E-state index >= 15 is 0 Å². The van der Waals surface area contributed by atoms with Crippen molar-refractivity contribution < 1.29 is 4.79 Å². The normalized spacial score (nSPS) is 10.7. The maximum atomic E-state index is 12.5. The summed E-state index contributed by atoms with van der Waals surface area (Å²) >= 11 is 6.16. The fourth-order valence-electron chi connectivity index (χ4n) is 2.30. The van der Waals surface area contributed by atoms with Gasteiger partial charge in [0.05, 0.1) is 18.3 Å². The molecule has 2 rings (SSSR count). The number of hydrogen-bond acceptors (Lipinski definition) is 2. The Morgan fingerprint density at radius 1 is 1.32 bits per heavy atom. The summed E-state index contributed by atoms with van der Waals surface area (Å²) in [5, 5.41) is 4.99. The predicted molar refractivity (Wildman–Crippen MR) is 89.3 cm³/mol. The molecule has 0 fully saturated rings. The molecule has 2 aromatic rings. The number of unbranched alkanes of at least 4 members (excludes halogenated alkanes) is 1. The molecule has 0 bridgehead atoms. The van der Waals surface area contributed by atoms with Crippen molar-refractivity contribution in [1.29, 1.82) is 0 Å². The van der Waals surface area contributed by atoms with Gasteiger partial charge in [-0.25, -0.2) is 0 Å². The van der Waals surface area contributed by atoms with E-state index in [1.807, 2.05) is 36.1 Å². The van der Waals surface area contributed by atoms with Crippen LogP contribution in [-0.2, 0) is 6.54 Å². The molecule has 1 heterocycles. The van der Waals surface area contributed by atoms with Crippen LogP contribution in [0.25, 0.3) is 0 Å². The Morgan fingerprint density at radius 2 is 2.09 bits per heavy atom. The second-order valence-corrected chi connectivity index (χ2v) is 5.66. The first-order chi connectivity index (χ1) is 10.7. The van der Waals surface area contributed by atoms with Gasteiger partial charge >= 0.3 is 0 Å². The van der Waals surface area contributed by atoms with Crippen molar-refractivity contribution in [2.45, 2.75) is 33.2 Å². The molecule has 0 aliphatic heterocycles. The average molecular weight is 320 g/mol. The van der Waals surface area contributed by atoms with Crippen LogP contribution in [0, 0.1) is 0 Å². The van der Waals surface area contributed by atoms with Gasteiger partial charge in [0, 0.05) is 24.3 Å². The van der Waals surface area contributed by atoms with Gasteiger partial charge in [-0.2, -0.15) is 5.10 Å². The van der Waals surface area contributed by atoms with E-state index in [-0.39, 0.29) is 5.91 Å². The van der Waals surface area contributed by atoms with E-state index in [0.717, 1.165) is 24.9 Å². The number of amides is 1. The summed E-state index contributed by atoms with van der Waals surface area (Å²) in [6.45, 7) is 6.20. The predicted octanol–water partition coefficient (Wildman–Crippen LogP) is 3.85. The van der Waals surface area contributed by atoms with Crippen molar-refractivity contribution in [1.82, 2.24) is 14.7 Å². The Balaban J connectivity index is 2.07. The number of benzene rings is 1. The van der Waals surface area contributed by atoms with Gasteiger partial charge in [0.2, 0.25) is 0 Å². The van der Waals surface area contributed by atoms with Gasteiger partial charge in [0.1, 0.15) is 0 Å². The van der Waals surface area contributed by atoms with Gasteiger partial charge in [-0.1, -0.05) is 43.1 Å². The summed E-state index contributed by atoms with van der Waals surface area (Å²) < 4.78 is 1.75. The number of carbonyl (C=O) groups excluding carboxylic acids is 1. The number of rotatable bonds is 7. The summed E-state index contributed by atoms with van der Waals surface area (Å²) in [5.41, 5.74) is 1.62. The van der Waals surface area contributed by atoms with E-state index in [2.05, 4.69) is 12.0 Å². The Morgan fingerprint density at radius 3 is 2.77 bits per heavy atom. The highest BCUT2D eigenvalue weighted by Gasteiger charge is 2.15. The number of nitrogens with zero attached hydrogens (tertiary/aromatic N) is 3. The second-order valence-electron chi connectivity index (χ2n) is 5.26. The van der Waals surface area contributed by atoms with Crippen LogP contribution < -0.4 is 0 Å². The standard InChI is InChI=1S/C17H22ClN3O/c1-3-5-10-20(4-2)17(22)15-11-19-21(13-15)12-14-8-6-7-9-16(14)18/h6-9,11,13H,3-5,10,12H2,1-2H3. The van der Waals surface area contributed by atoms with Crippen LogP contribution >= 0.6 is 11.6 Å². The van der Waals surface area contributed by atoms with E-state index in [0.29, 0.717) is 23.7 Å². The molecule has 118 valence electrons. The van der Waals surface area contributed by atoms with Crippen molar-refractivity contribution in [3.63, 3.8) is 0 Å². The van der Waals surface area contributed by atoms with Gasteiger partial charge in [0.15, 0.2) is 0 Å². The molecule has 4 nitrogen and oxygen atoms in total. The molecule has 22 heavy (non-hydrogen) atoms. The molecule has 0 saturated heterocycles. The van der Waals surface area contributed by atoms with Crippen molar-refractivity contribution in [3.05, 3.63) is 52.8 Å². The molecule has 0 atom stereocenters. The number of hydrogen-bond donors (Lipinski definition) is 0. The lowest BCUT2D eigenvalue weighted by molar-refractivity contribution is 0.0762. The number of aromatic nitrogens is 2. The Labute approximate surface area is 136 Å². The van der Waals surface area contributed by atoms with E-state index in [1.165, 1.54) is 0 Å². The summed E-state index contributed by atoms with van der Waals surface area (Å²) in [5.74, 6) is 0.0429. The molecule has 0 radical (unpaired) electrons. The minimum Gasteiger partial charge on any atom is -0.339 e. The highest BCUT2D eigenvalue weighted by Crippen LogP contribution is 2.16. The lowest BCUT2D eigenvalue weighted by atomic mass is 10.2. The maximum Gasteiger partial charge on any atom is 0.257 e. The summed E-state index contributed by atoms with van der Waals surface area (Å²) in [7, 11) is 0. The largest absolute Gasteiger partial charge is 0.339 e. The number of halogens is 1. The molecule has 1 aromatic heterocycles. The first kappa shape index (κ1) is 16.6. The van der Waals surface area contributed by atoms with Crippen LogP contribution in [0.4, 0.5) is 0 Å². The van der Waals surface area contributed by atoms with E-state index in [9.17, 15) is 4.79 Å². The topological polar surface area (TPSA) is 38.1 Å². The van der Waals surface area contributed by atoms with Gasteiger partial charge in [-0.05, 0) is 25.0 Å². The van der Waals surface area contributed by atoms with Crippen LogP contribution in [0.1, 0.15) is 42.6 Å². The number of carbonyl (C=O) groups is 1. The third kappa shape index (κ3) is 4.10. The molecule has 5 heteroatoms. The van der Waals surface area contributed by atoms with Crippen molar-refractivity contribution >= 4 is 17.5 Å². The Hall–Kier alpha value is -1.81. The molecule has 0 N–H and O–H groups in total. The monoisotopic (exact) mass is 319 g/mol. The molecule has 0 spiro atoms. The highest BCUT2D eigenvalue weighted by molar-refractivity contribution is 6.31. The highest BCUT2D eigenvalue weighted by atomic mass is 35.5. The molecular weight excluding hydrogens is 298 g/mol. The van der Waals surface area contributed by atoms with E-state index in [4.69, 9.17) is 11.6 Å². The minimum atomic E-state index is 0.0429. The zero-order valence-electron chi connectivity index (χ0n) is 13.1. The van der Waals surface area contributed by atoms with Crippen molar-refractivity contribution in [3.8, 4) is 0 Å². The van der Waals surface area contributed by atoms with Crippen LogP contribution in [0.15, 0.2) is 36.7 Å². The average Bonchev–Trinajstić information content (AvgIpc) is 2.99. The molecule has 0 unspecified atom stereocenters. The van der Waals surface area contributed by atoms with Gasteiger partial charge < -0.3 is 4.90 Å². The molecule has 0 aliphatic rings. The Bertz CT molecular complexity index is 624. The van der Waals surface area contributed by atoms with Gasteiger partial charge in [-0.3, -0.25) is 9.48 Å². The summed E-state index contributed by atoms with van der Waals surface area (Å²) in [4.78, 5) is 14.3. The third-order valence-corrected chi connectivity index (χ3v) is 3.99. The molecular formula is C17H22ClN3O. The van der Waals surface area contributed by atoms with Gasteiger partial charge in [-0.15, -0.1) is 0 Å². The lowest BCUT2D eigenvalue weighted by Crippen LogP contribution is -2.31. The lowest BCUT2D eigenvalue weighted by Gasteiger charge is -2.19. The van der Waals surface area contributed by atoms with Crippen LogP contribution in [0.2, 0.25) is 5.02 Å². The van der Waals surface area contributed by atoms with Crippen LogP contribution in [0.3, 0.4) is 0 Å². The SMILES string of the molecule is CCCCN(CC)C(=O)c1cnn(Cc2ccccc2Cl)c1. The second kappa shape index (κ2) is 7.99.